The first kappa shape index (κ1) is 8.18. The SMILES string of the molecule is CC(=O)n1c(=O)[nH]c(=O)[nH]c1=O. The number of nitrogens with one attached hydrogen (secondary N) is 2. The summed E-state index contributed by atoms with van der Waals surface area (Å²) in [6, 6.07) is 0. The van der Waals surface area contributed by atoms with E-state index in [1.165, 1.54) is 0 Å². The number of carbonyl (C=O) groups is 1. The molecule has 0 amide bonds. The van der Waals surface area contributed by atoms with Gasteiger partial charge in [-0.15, -0.1) is 0 Å². The molecular formula is C5H5N3O4. The van der Waals surface area contributed by atoms with Crippen LogP contribution in [0.2, 0.25) is 0 Å². The van der Waals surface area contributed by atoms with Crippen molar-refractivity contribution in [2.75, 3.05) is 0 Å². The Kier molecular flexibility index (Phi) is 1.78. The highest BCUT2D eigenvalue weighted by atomic mass is 16.2. The number of carbonyl (C=O) groups excluding carboxylic acids is 1. The van der Waals surface area contributed by atoms with Gasteiger partial charge in [-0.3, -0.25) is 14.8 Å². The highest BCUT2D eigenvalue weighted by Gasteiger charge is 2.05. The van der Waals surface area contributed by atoms with E-state index in [0.29, 0.717) is 4.57 Å². The predicted molar refractivity (Wildman–Crippen MR) is 38.2 cm³/mol. The average molecular weight is 171 g/mol. The molecule has 1 aromatic heterocycles. The minimum absolute atomic E-state index is 0.293. The van der Waals surface area contributed by atoms with E-state index in [1.807, 2.05) is 0 Å². The third-order valence-corrected chi connectivity index (χ3v) is 1.16. The second kappa shape index (κ2) is 2.61. The van der Waals surface area contributed by atoms with Gasteiger partial charge in [-0.1, -0.05) is 0 Å². The van der Waals surface area contributed by atoms with E-state index in [9.17, 15) is 19.2 Å². The molecule has 2 N–H and O–H groups in total. The molecule has 0 saturated heterocycles. The number of aromatic amines is 2. The van der Waals surface area contributed by atoms with Gasteiger partial charge >= 0.3 is 17.1 Å². The molecule has 0 fully saturated rings. The van der Waals surface area contributed by atoms with Crippen LogP contribution in [0.15, 0.2) is 14.4 Å². The van der Waals surface area contributed by atoms with Gasteiger partial charge in [-0.25, -0.2) is 14.4 Å². The topological polar surface area (TPSA) is 105 Å². The van der Waals surface area contributed by atoms with Crippen LogP contribution in [0.3, 0.4) is 0 Å². The summed E-state index contributed by atoms with van der Waals surface area (Å²) in [4.78, 5) is 46.1. The zero-order chi connectivity index (χ0) is 9.30. The maximum absolute atomic E-state index is 10.8. The highest BCUT2D eigenvalue weighted by molar-refractivity contribution is 5.75. The smallest absolute Gasteiger partial charge is 0.274 e. The summed E-state index contributed by atoms with van der Waals surface area (Å²) in [6.45, 7) is 1.04. The van der Waals surface area contributed by atoms with E-state index >= 15 is 0 Å². The second-order valence-corrected chi connectivity index (χ2v) is 2.04. The van der Waals surface area contributed by atoms with Gasteiger partial charge in [0.25, 0.3) is 0 Å². The van der Waals surface area contributed by atoms with E-state index in [4.69, 9.17) is 0 Å². The molecule has 0 aromatic carbocycles. The Morgan fingerprint density at radius 1 is 1.17 bits per heavy atom. The quantitative estimate of drug-likeness (QED) is 0.465. The Balaban J connectivity index is 3.73. The Morgan fingerprint density at radius 3 is 1.92 bits per heavy atom. The van der Waals surface area contributed by atoms with Crippen LogP contribution in [-0.2, 0) is 0 Å². The van der Waals surface area contributed by atoms with Crippen LogP contribution in [0.25, 0.3) is 0 Å². The maximum Gasteiger partial charge on any atom is 0.340 e. The third kappa shape index (κ3) is 1.24. The predicted octanol–water partition coefficient (Wildman–Crippen LogP) is -2.11. The standard InChI is InChI=1S/C5H5N3O4/c1-2(9)8-4(11)6-3(10)7-5(8)12/h1H3,(H2,6,7,10,11,12). The maximum atomic E-state index is 10.8. The molecule has 0 saturated carbocycles. The summed E-state index contributed by atoms with van der Waals surface area (Å²) in [5, 5.41) is 0. The zero-order valence-corrected chi connectivity index (χ0v) is 6.08. The fourth-order valence-electron chi connectivity index (χ4n) is 0.716. The summed E-state index contributed by atoms with van der Waals surface area (Å²) < 4.78 is 0.293. The lowest BCUT2D eigenvalue weighted by Crippen LogP contribution is -2.45. The molecule has 1 aromatic rings. The van der Waals surface area contributed by atoms with Crippen molar-refractivity contribution < 1.29 is 4.79 Å². The Morgan fingerprint density at radius 2 is 1.58 bits per heavy atom. The van der Waals surface area contributed by atoms with Crippen molar-refractivity contribution in [3.05, 3.63) is 31.5 Å². The number of nitrogens with zero attached hydrogens (tertiary/aromatic N) is 1. The molecule has 0 atom stereocenters. The van der Waals surface area contributed by atoms with Crippen LogP contribution >= 0.6 is 0 Å². The summed E-state index contributed by atoms with van der Waals surface area (Å²) in [5.41, 5.74) is -2.99. The summed E-state index contributed by atoms with van der Waals surface area (Å²) in [5.74, 6) is -0.752. The van der Waals surface area contributed by atoms with Crippen LogP contribution < -0.4 is 17.1 Å². The van der Waals surface area contributed by atoms with Gasteiger partial charge in [0.05, 0.1) is 0 Å². The van der Waals surface area contributed by atoms with Gasteiger partial charge in [0.1, 0.15) is 0 Å². The fraction of sp³-hybridized carbons (Fsp3) is 0.200. The van der Waals surface area contributed by atoms with Crippen molar-refractivity contribution in [3.63, 3.8) is 0 Å². The number of rotatable bonds is 0. The van der Waals surface area contributed by atoms with Crippen molar-refractivity contribution in [3.8, 4) is 0 Å². The lowest BCUT2D eigenvalue weighted by Gasteiger charge is -1.93. The normalized spacial score (nSPS) is 9.75. The van der Waals surface area contributed by atoms with Crippen LogP contribution in [-0.4, -0.2) is 20.4 Å². The molecule has 12 heavy (non-hydrogen) atoms. The minimum atomic E-state index is -1.03. The van der Waals surface area contributed by atoms with Gasteiger partial charge in [0.2, 0.25) is 5.91 Å². The van der Waals surface area contributed by atoms with Gasteiger partial charge in [-0.2, -0.15) is 4.57 Å². The number of hydrogen-bond donors (Lipinski definition) is 2. The van der Waals surface area contributed by atoms with E-state index < -0.39 is 23.0 Å². The molecule has 0 aliphatic heterocycles. The van der Waals surface area contributed by atoms with E-state index in [-0.39, 0.29) is 0 Å². The van der Waals surface area contributed by atoms with Crippen molar-refractivity contribution in [1.29, 1.82) is 0 Å². The fourth-order valence-corrected chi connectivity index (χ4v) is 0.716. The first-order chi connectivity index (χ1) is 5.52. The molecule has 0 unspecified atom stereocenters. The lowest BCUT2D eigenvalue weighted by molar-refractivity contribution is 0.0924. The molecule has 7 heteroatoms. The monoisotopic (exact) mass is 171 g/mol. The Labute approximate surface area is 64.7 Å². The van der Waals surface area contributed by atoms with Crippen molar-refractivity contribution in [2.24, 2.45) is 0 Å². The largest absolute Gasteiger partial charge is 0.340 e. The van der Waals surface area contributed by atoms with Gasteiger partial charge in [-0.05, 0) is 0 Å². The summed E-state index contributed by atoms with van der Waals surface area (Å²) >= 11 is 0. The van der Waals surface area contributed by atoms with Crippen LogP contribution in [0.4, 0.5) is 0 Å². The third-order valence-electron chi connectivity index (χ3n) is 1.16. The summed E-state index contributed by atoms with van der Waals surface area (Å²) in [7, 11) is 0. The van der Waals surface area contributed by atoms with Crippen LogP contribution in [0, 0.1) is 0 Å². The number of aromatic nitrogens is 3. The molecule has 1 rings (SSSR count). The Hall–Kier alpha value is -1.92. The first-order valence-electron chi connectivity index (χ1n) is 2.99. The van der Waals surface area contributed by atoms with Gasteiger partial charge in [0, 0.05) is 6.92 Å². The van der Waals surface area contributed by atoms with E-state index in [1.54, 1.807) is 9.97 Å². The molecule has 1 heterocycles. The average Bonchev–Trinajstić information content (AvgIpc) is 1.82. The van der Waals surface area contributed by atoms with Gasteiger partial charge in [0.15, 0.2) is 0 Å². The van der Waals surface area contributed by atoms with Crippen LogP contribution in [0.1, 0.15) is 11.7 Å². The number of hydrogen-bond acceptors (Lipinski definition) is 4. The lowest BCUT2D eigenvalue weighted by atomic mass is 10.7. The Bertz CT molecular complexity index is 442. The molecule has 0 radical (unpaired) electrons. The zero-order valence-electron chi connectivity index (χ0n) is 6.08. The highest BCUT2D eigenvalue weighted by Crippen LogP contribution is 1.63. The molecule has 7 nitrogen and oxygen atoms in total. The van der Waals surface area contributed by atoms with Crippen molar-refractivity contribution >= 4 is 5.91 Å². The molecule has 0 aliphatic carbocycles. The molecule has 0 aliphatic rings. The molecule has 0 bridgehead atoms. The number of H-pyrrole nitrogens is 2. The van der Waals surface area contributed by atoms with Crippen LogP contribution in [0.5, 0.6) is 0 Å². The van der Waals surface area contributed by atoms with E-state index in [0.717, 1.165) is 6.92 Å². The second-order valence-electron chi connectivity index (χ2n) is 2.04. The van der Waals surface area contributed by atoms with Crippen molar-refractivity contribution in [2.45, 2.75) is 6.92 Å². The molecule has 64 valence electrons. The summed E-state index contributed by atoms with van der Waals surface area (Å²) in [6.07, 6.45) is 0. The first-order valence-corrected chi connectivity index (χ1v) is 2.99. The molecular weight excluding hydrogens is 166 g/mol. The minimum Gasteiger partial charge on any atom is -0.274 e. The van der Waals surface area contributed by atoms with E-state index in [2.05, 4.69) is 0 Å². The molecule has 0 spiro atoms. The van der Waals surface area contributed by atoms with Crippen molar-refractivity contribution in [1.82, 2.24) is 14.5 Å². The van der Waals surface area contributed by atoms with Gasteiger partial charge < -0.3 is 0 Å².